The molecule has 1 unspecified atom stereocenters. The lowest BCUT2D eigenvalue weighted by atomic mass is 9.94. The van der Waals surface area contributed by atoms with Gasteiger partial charge in [-0.3, -0.25) is 0 Å². The molecule has 0 bridgehead atoms. The summed E-state index contributed by atoms with van der Waals surface area (Å²) in [5, 5.41) is 1.22. The average Bonchev–Trinajstić information content (AvgIpc) is 2.78. The van der Waals surface area contributed by atoms with Crippen LogP contribution >= 0.6 is 27.3 Å². The Bertz CT molecular complexity index is 573. The molecule has 1 atom stereocenters. The molecular weight excluding hydrogens is 322 g/mol. The Morgan fingerprint density at radius 3 is 2.79 bits per heavy atom. The quantitative estimate of drug-likeness (QED) is 0.774. The molecule has 3 rings (SSSR count). The maximum Gasteiger partial charge on any atom is 0.140 e. The molecule has 0 aliphatic carbocycles. The third-order valence-corrected chi connectivity index (χ3v) is 5.63. The van der Waals surface area contributed by atoms with Crippen molar-refractivity contribution in [2.75, 3.05) is 18.0 Å². The van der Waals surface area contributed by atoms with Crippen LogP contribution in [-0.4, -0.2) is 27.9 Å². The number of rotatable bonds is 2. The largest absolute Gasteiger partial charge is 0.356 e. The molecule has 19 heavy (non-hydrogen) atoms. The summed E-state index contributed by atoms with van der Waals surface area (Å²) in [7, 11) is 0. The predicted octanol–water partition coefficient (Wildman–Crippen LogP) is 4.00. The molecule has 1 saturated heterocycles. The third kappa shape index (κ3) is 2.63. The van der Waals surface area contributed by atoms with Crippen molar-refractivity contribution in [3.63, 3.8) is 0 Å². The van der Waals surface area contributed by atoms with E-state index in [-0.39, 0.29) is 0 Å². The number of hydrogen-bond acceptors (Lipinski definition) is 4. The molecular formula is C14H18BrN3S. The van der Waals surface area contributed by atoms with Gasteiger partial charge in [0.25, 0.3) is 0 Å². The topological polar surface area (TPSA) is 29.0 Å². The summed E-state index contributed by atoms with van der Waals surface area (Å²) in [5.74, 6) is 1.91. The van der Waals surface area contributed by atoms with Crippen molar-refractivity contribution in [2.24, 2.45) is 5.92 Å². The van der Waals surface area contributed by atoms with E-state index in [1.807, 2.05) is 0 Å². The lowest BCUT2D eigenvalue weighted by molar-refractivity contribution is 0.406. The van der Waals surface area contributed by atoms with E-state index in [9.17, 15) is 0 Å². The Kier molecular flexibility index (Phi) is 3.76. The fourth-order valence-electron chi connectivity index (χ4n) is 2.79. The molecule has 0 saturated carbocycles. The number of anilines is 1. The lowest BCUT2D eigenvalue weighted by Gasteiger charge is -2.34. The molecule has 0 amide bonds. The number of piperidine rings is 1. The summed E-state index contributed by atoms with van der Waals surface area (Å²) in [6.07, 6.45) is 4.18. The first kappa shape index (κ1) is 13.3. The summed E-state index contributed by atoms with van der Waals surface area (Å²) in [6.45, 7) is 6.59. The van der Waals surface area contributed by atoms with Crippen molar-refractivity contribution in [1.29, 1.82) is 0 Å². The van der Waals surface area contributed by atoms with Crippen LogP contribution in [0.25, 0.3) is 10.2 Å². The predicted molar refractivity (Wildman–Crippen MR) is 85.5 cm³/mol. The summed E-state index contributed by atoms with van der Waals surface area (Å²) in [6, 6.07) is 2.22. The number of halogens is 1. The van der Waals surface area contributed by atoms with E-state index in [4.69, 9.17) is 0 Å². The SMILES string of the molecule is Cc1cc2c(N3CCC(C(C)Br)CC3)ncnc2s1. The fraction of sp³-hybridized carbons (Fsp3) is 0.571. The number of thiophene rings is 1. The number of alkyl halides is 1. The smallest absolute Gasteiger partial charge is 0.140 e. The minimum Gasteiger partial charge on any atom is -0.356 e. The molecule has 2 aromatic rings. The Labute approximate surface area is 126 Å². The molecule has 102 valence electrons. The van der Waals surface area contributed by atoms with Gasteiger partial charge >= 0.3 is 0 Å². The van der Waals surface area contributed by atoms with E-state index in [1.165, 1.54) is 23.1 Å². The molecule has 3 nitrogen and oxygen atoms in total. The summed E-state index contributed by atoms with van der Waals surface area (Å²) < 4.78 is 0. The van der Waals surface area contributed by atoms with Gasteiger partial charge in [0.1, 0.15) is 17.0 Å². The number of aryl methyl sites for hydroxylation is 1. The molecule has 5 heteroatoms. The standard InChI is InChI=1S/C14H18BrN3S/c1-9-7-12-13(16-8-17-14(12)19-9)18-5-3-11(4-6-18)10(2)15/h7-8,10-11H,3-6H2,1-2H3. The van der Waals surface area contributed by atoms with Crippen molar-refractivity contribution in [1.82, 2.24) is 9.97 Å². The van der Waals surface area contributed by atoms with Crippen LogP contribution < -0.4 is 4.90 Å². The average molecular weight is 340 g/mol. The van der Waals surface area contributed by atoms with Crippen molar-refractivity contribution in [3.05, 3.63) is 17.3 Å². The zero-order chi connectivity index (χ0) is 13.4. The highest BCUT2D eigenvalue weighted by molar-refractivity contribution is 9.09. The minimum absolute atomic E-state index is 0.614. The highest BCUT2D eigenvalue weighted by atomic mass is 79.9. The molecule has 0 N–H and O–H groups in total. The van der Waals surface area contributed by atoms with Gasteiger partial charge in [-0.25, -0.2) is 9.97 Å². The zero-order valence-electron chi connectivity index (χ0n) is 11.3. The molecule has 0 spiro atoms. The second-order valence-corrected chi connectivity index (χ2v) is 7.95. The van der Waals surface area contributed by atoms with Gasteiger partial charge in [-0.1, -0.05) is 22.9 Å². The first-order valence-corrected chi connectivity index (χ1v) is 8.48. The zero-order valence-corrected chi connectivity index (χ0v) is 13.7. The molecule has 3 heterocycles. The normalized spacial score (nSPS) is 19.0. The van der Waals surface area contributed by atoms with Gasteiger partial charge in [0.15, 0.2) is 0 Å². The molecule has 1 aliphatic rings. The highest BCUT2D eigenvalue weighted by Crippen LogP contribution is 2.33. The molecule has 0 aromatic carbocycles. The Hall–Kier alpha value is -0.680. The van der Waals surface area contributed by atoms with Crippen LogP contribution in [0.15, 0.2) is 12.4 Å². The van der Waals surface area contributed by atoms with Crippen molar-refractivity contribution >= 4 is 43.3 Å². The monoisotopic (exact) mass is 339 g/mol. The van der Waals surface area contributed by atoms with Crippen LogP contribution in [0.5, 0.6) is 0 Å². The van der Waals surface area contributed by atoms with Gasteiger partial charge < -0.3 is 4.90 Å². The number of nitrogens with zero attached hydrogens (tertiary/aromatic N) is 3. The van der Waals surface area contributed by atoms with Crippen LogP contribution in [0.3, 0.4) is 0 Å². The highest BCUT2D eigenvalue weighted by Gasteiger charge is 2.24. The maximum atomic E-state index is 4.52. The second-order valence-electron chi connectivity index (χ2n) is 5.28. The van der Waals surface area contributed by atoms with Gasteiger partial charge in [0, 0.05) is 22.8 Å². The summed E-state index contributed by atoms with van der Waals surface area (Å²) >= 11 is 5.46. The van der Waals surface area contributed by atoms with E-state index >= 15 is 0 Å². The van der Waals surface area contributed by atoms with E-state index in [2.05, 4.69) is 50.7 Å². The van der Waals surface area contributed by atoms with Crippen LogP contribution in [0.4, 0.5) is 5.82 Å². The van der Waals surface area contributed by atoms with Crippen molar-refractivity contribution in [2.45, 2.75) is 31.5 Å². The van der Waals surface area contributed by atoms with Gasteiger partial charge in [0.05, 0.1) is 5.39 Å². The van der Waals surface area contributed by atoms with E-state index in [1.54, 1.807) is 17.7 Å². The first-order valence-electron chi connectivity index (χ1n) is 6.75. The van der Waals surface area contributed by atoms with E-state index in [0.29, 0.717) is 4.83 Å². The molecule has 2 aromatic heterocycles. The molecule has 1 fully saturated rings. The fourth-order valence-corrected chi connectivity index (χ4v) is 4.16. The summed E-state index contributed by atoms with van der Waals surface area (Å²) in [4.78, 5) is 14.3. The second kappa shape index (κ2) is 5.37. The van der Waals surface area contributed by atoms with Crippen molar-refractivity contribution < 1.29 is 0 Å². The van der Waals surface area contributed by atoms with Crippen LogP contribution in [-0.2, 0) is 0 Å². The van der Waals surface area contributed by atoms with Gasteiger partial charge in [-0.05, 0) is 31.7 Å². The third-order valence-electron chi connectivity index (χ3n) is 3.92. The minimum atomic E-state index is 0.614. The Morgan fingerprint density at radius 2 is 2.11 bits per heavy atom. The van der Waals surface area contributed by atoms with Crippen LogP contribution in [0.1, 0.15) is 24.6 Å². The summed E-state index contributed by atoms with van der Waals surface area (Å²) in [5.41, 5.74) is 0. The van der Waals surface area contributed by atoms with Crippen molar-refractivity contribution in [3.8, 4) is 0 Å². The van der Waals surface area contributed by atoms with Gasteiger partial charge in [-0.2, -0.15) is 0 Å². The van der Waals surface area contributed by atoms with Crippen LogP contribution in [0.2, 0.25) is 0 Å². The van der Waals surface area contributed by atoms with E-state index in [0.717, 1.165) is 29.7 Å². The van der Waals surface area contributed by atoms with Gasteiger partial charge in [-0.15, -0.1) is 11.3 Å². The Morgan fingerprint density at radius 1 is 1.37 bits per heavy atom. The number of aromatic nitrogens is 2. The van der Waals surface area contributed by atoms with Crippen LogP contribution in [0, 0.1) is 12.8 Å². The van der Waals surface area contributed by atoms with E-state index < -0.39 is 0 Å². The lowest BCUT2D eigenvalue weighted by Crippen LogP contribution is -2.36. The number of hydrogen-bond donors (Lipinski definition) is 0. The molecule has 0 radical (unpaired) electrons. The Balaban J connectivity index is 1.85. The first-order chi connectivity index (χ1) is 9.15. The maximum absolute atomic E-state index is 4.52. The number of fused-ring (bicyclic) bond motifs is 1. The molecule has 1 aliphatic heterocycles. The van der Waals surface area contributed by atoms with Gasteiger partial charge in [0.2, 0.25) is 0 Å².